The maximum Gasteiger partial charge on any atom is 0.277 e. The molecule has 1 aromatic carbocycles. The summed E-state index contributed by atoms with van der Waals surface area (Å²) < 4.78 is 5.83. The second-order valence-corrected chi connectivity index (χ2v) is 5.26. The second kappa shape index (κ2) is 6.05. The molecule has 6 nitrogen and oxygen atoms in total. The maximum absolute atomic E-state index is 11.1. The predicted molar refractivity (Wildman–Crippen MR) is 79.5 cm³/mol. The van der Waals surface area contributed by atoms with E-state index in [1.165, 1.54) is 12.5 Å². The smallest absolute Gasteiger partial charge is 0.277 e. The van der Waals surface area contributed by atoms with Crippen molar-refractivity contribution in [3.63, 3.8) is 0 Å². The van der Waals surface area contributed by atoms with Crippen LogP contribution >= 0.6 is 0 Å². The number of nitrogens with one attached hydrogen (secondary N) is 1. The van der Waals surface area contributed by atoms with E-state index < -0.39 is 0 Å². The molecule has 2 aromatic rings. The fraction of sp³-hybridized carbons (Fsp3) is 0.400. The number of nitro groups is 1. The Balaban J connectivity index is 1.79. The molecule has 1 aromatic heterocycles. The van der Waals surface area contributed by atoms with Crippen molar-refractivity contribution in [3.05, 3.63) is 40.7 Å². The summed E-state index contributed by atoms with van der Waals surface area (Å²) in [5.74, 6) is 1.32. The fourth-order valence-corrected chi connectivity index (χ4v) is 2.73. The predicted octanol–water partition coefficient (Wildman–Crippen LogP) is 2.52. The molecule has 1 N–H and O–H groups in total. The third kappa shape index (κ3) is 2.95. The van der Waals surface area contributed by atoms with Crippen LogP contribution in [-0.2, 0) is 0 Å². The zero-order chi connectivity index (χ0) is 14.7. The monoisotopic (exact) mass is 287 g/mol. The molecule has 0 radical (unpaired) electrons. The van der Waals surface area contributed by atoms with Crippen molar-refractivity contribution in [2.24, 2.45) is 5.92 Å². The zero-order valence-corrected chi connectivity index (χ0v) is 11.6. The van der Waals surface area contributed by atoms with E-state index in [-0.39, 0.29) is 10.6 Å². The van der Waals surface area contributed by atoms with Gasteiger partial charge in [-0.25, -0.2) is 0 Å². The summed E-state index contributed by atoms with van der Waals surface area (Å²) in [7, 11) is 0. The Kier molecular flexibility index (Phi) is 3.96. The molecule has 0 aliphatic carbocycles. The van der Waals surface area contributed by atoms with Crippen LogP contribution in [0.5, 0.6) is 5.75 Å². The average molecular weight is 287 g/mol. The molecule has 0 bridgehead atoms. The SMILES string of the molecule is O=[N+]([O-])c1ccc(OCCC2CCNC2)c2cnccc12. The topological polar surface area (TPSA) is 77.3 Å². The lowest BCUT2D eigenvalue weighted by Crippen LogP contribution is -2.11. The summed E-state index contributed by atoms with van der Waals surface area (Å²) >= 11 is 0. The fourth-order valence-electron chi connectivity index (χ4n) is 2.73. The van der Waals surface area contributed by atoms with E-state index in [1.54, 1.807) is 24.5 Å². The second-order valence-electron chi connectivity index (χ2n) is 5.26. The first kappa shape index (κ1) is 13.8. The highest BCUT2D eigenvalue weighted by Crippen LogP contribution is 2.32. The van der Waals surface area contributed by atoms with Gasteiger partial charge in [0.15, 0.2) is 0 Å². The van der Waals surface area contributed by atoms with Gasteiger partial charge in [-0.05, 0) is 44.0 Å². The van der Waals surface area contributed by atoms with Gasteiger partial charge in [0.2, 0.25) is 0 Å². The summed E-state index contributed by atoms with van der Waals surface area (Å²) in [5.41, 5.74) is 0.0831. The van der Waals surface area contributed by atoms with Crippen molar-refractivity contribution >= 4 is 16.5 Å². The van der Waals surface area contributed by atoms with E-state index >= 15 is 0 Å². The molecule has 0 amide bonds. The molecule has 0 saturated carbocycles. The van der Waals surface area contributed by atoms with Crippen LogP contribution in [0, 0.1) is 16.0 Å². The number of pyridine rings is 1. The van der Waals surface area contributed by atoms with Gasteiger partial charge >= 0.3 is 0 Å². The normalized spacial score (nSPS) is 18.0. The summed E-state index contributed by atoms with van der Waals surface area (Å²) in [6.45, 7) is 2.75. The zero-order valence-electron chi connectivity index (χ0n) is 11.6. The molecule has 1 saturated heterocycles. The first-order chi connectivity index (χ1) is 10.3. The van der Waals surface area contributed by atoms with Crippen LogP contribution in [-0.4, -0.2) is 29.6 Å². The number of benzene rings is 1. The van der Waals surface area contributed by atoms with E-state index in [1.807, 2.05) is 0 Å². The summed E-state index contributed by atoms with van der Waals surface area (Å²) in [6, 6.07) is 4.81. The lowest BCUT2D eigenvalue weighted by atomic mass is 10.1. The first-order valence-corrected chi connectivity index (χ1v) is 7.10. The Labute approximate surface area is 122 Å². The Morgan fingerprint density at radius 3 is 3.05 bits per heavy atom. The van der Waals surface area contributed by atoms with Gasteiger partial charge in [-0.3, -0.25) is 15.1 Å². The Morgan fingerprint density at radius 1 is 1.38 bits per heavy atom. The highest BCUT2D eigenvalue weighted by atomic mass is 16.6. The van der Waals surface area contributed by atoms with Crippen molar-refractivity contribution in [2.75, 3.05) is 19.7 Å². The maximum atomic E-state index is 11.1. The third-order valence-corrected chi connectivity index (χ3v) is 3.90. The number of hydrogen-bond donors (Lipinski definition) is 1. The van der Waals surface area contributed by atoms with E-state index in [9.17, 15) is 10.1 Å². The van der Waals surface area contributed by atoms with Gasteiger partial charge in [0.1, 0.15) is 5.75 Å². The number of fused-ring (bicyclic) bond motifs is 1. The molecule has 2 heterocycles. The molecule has 1 unspecified atom stereocenters. The molecule has 1 aliphatic heterocycles. The highest BCUT2D eigenvalue weighted by Gasteiger charge is 2.17. The molecular formula is C15H17N3O3. The summed E-state index contributed by atoms with van der Waals surface area (Å²) in [5, 5.41) is 15.6. The minimum absolute atomic E-state index is 0.0831. The van der Waals surface area contributed by atoms with E-state index in [2.05, 4.69) is 10.3 Å². The van der Waals surface area contributed by atoms with Crippen LogP contribution in [0.25, 0.3) is 10.8 Å². The average Bonchev–Trinajstić information content (AvgIpc) is 3.00. The van der Waals surface area contributed by atoms with Gasteiger partial charge < -0.3 is 10.1 Å². The van der Waals surface area contributed by atoms with E-state index in [0.29, 0.717) is 29.0 Å². The quantitative estimate of drug-likeness (QED) is 0.675. The number of aromatic nitrogens is 1. The molecule has 1 fully saturated rings. The Hall–Kier alpha value is -2.21. The first-order valence-electron chi connectivity index (χ1n) is 7.10. The highest BCUT2D eigenvalue weighted by molar-refractivity contribution is 5.94. The molecule has 6 heteroatoms. The van der Waals surface area contributed by atoms with Crippen molar-refractivity contribution in [1.29, 1.82) is 0 Å². The van der Waals surface area contributed by atoms with Gasteiger partial charge in [-0.2, -0.15) is 0 Å². The van der Waals surface area contributed by atoms with Crippen LogP contribution in [0.4, 0.5) is 5.69 Å². The van der Waals surface area contributed by atoms with Crippen LogP contribution in [0.1, 0.15) is 12.8 Å². The van der Waals surface area contributed by atoms with Gasteiger partial charge in [0.25, 0.3) is 5.69 Å². The number of rotatable bonds is 5. The molecule has 0 spiro atoms. The largest absolute Gasteiger partial charge is 0.493 e. The minimum atomic E-state index is -0.379. The van der Waals surface area contributed by atoms with Crippen molar-refractivity contribution < 1.29 is 9.66 Å². The lowest BCUT2D eigenvalue weighted by Gasteiger charge is -2.11. The van der Waals surface area contributed by atoms with Crippen LogP contribution < -0.4 is 10.1 Å². The molecule has 3 rings (SSSR count). The number of ether oxygens (including phenoxy) is 1. The van der Waals surface area contributed by atoms with Crippen LogP contribution in [0.2, 0.25) is 0 Å². The molecule has 21 heavy (non-hydrogen) atoms. The van der Waals surface area contributed by atoms with Crippen molar-refractivity contribution in [3.8, 4) is 5.75 Å². The summed E-state index contributed by atoms with van der Waals surface area (Å²) in [6.07, 6.45) is 5.36. The Morgan fingerprint density at radius 2 is 2.29 bits per heavy atom. The van der Waals surface area contributed by atoms with E-state index in [4.69, 9.17) is 4.74 Å². The van der Waals surface area contributed by atoms with Crippen LogP contribution in [0.15, 0.2) is 30.6 Å². The standard InChI is InChI=1S/C15H17N3O3/c19-18(20)14-1-2-15(13-10-17-7-4-12(13)14)21-8-5-11-3-6-16-9-11/h1-2,4,7,10-11,16H,3,5-6,8-9H2. The van der Waals surface area contributed by atoms with Gasteiger partial charge in [-0.15, -0.1) is 0 Å². The van der Waals surface area contributed by atoms with Crippen molar-refractivity contribution in [1.82, 2.24) is 10.3 Å². The minimum Gasteiger partial charge on any atom is -0.493 e. The lowest BCUT2D eigenvalue weighted by molar-refractivity contribution is -0.383. The molecule has 1 aliphatic rings. The van der Waals surface area contributed by atoms with Gasteiger partial charge in [-0.1, -0.05) is 0 Å². The molecule has 110 valence electrons. The summed E-state index contributed by atoms with van der Waals surface area (Å²) in [4.78, 5) is 14.7. The van der Waals surface area contributed by atoms with Crippen molar-refractivity contribution in [2.45, 2.75) is 12.8 Å². The third-order valence-electron chi connectivity index (χ3n) is 3.90. The van der Waals surface area contributed by atoms with Gasteiger partial charge in [0, 0.05) is 23.8 Å². The number of nitro benzene ring substituents is 1. The molecular weight excluding hydrogens is 270 g/mol. The van der Waals surface area contributed by atoms with E-state index in [0.717, 1.165) is 19.5 Å². The van der Waals surface area contributed by atoms with Gasteiger partial charge in [0.05, 0.1) is 16.9 Å². The number of hydrogen-bond acceptors (Lipinski definition) is 5. The number of non-ortho nitro benzene ring substituents is 1. The van der Waals surface area contributed by atoms with Crippen LogP contribution in [0.3, 0.4) is 0 Å². The Bertz CT molecular complexity index is 654. The number of nitrogens with zero attached hydrogens (tertiary/aromatic N) is 2. The molecule has 1 atom stereocenters.